The number of rotatable bonds is 5. The largest absolute Gasteiger partial charge is 0.420 e. The Balaban J connectivity index is 1.63. The molecule has 0 saturated carbocycles. The summed E-state index contributed by atoms with van der Waals surface area (Å²) in [6, 6.07) is 11.5. The van der Waals surface area contributed by atoms with Crippen molar-refractivity contribution in [2.75, 3.05) is 6.54 Å². The highest BCUT2D eigenvalue weighted by atomic mass is 19.1. The predicted octanol–water partition coefficient (Wildman–Crippen LogP) is 2.40. The number of aromatic nitrogens is 1. The molecule has 1 heterocycles. The molecule has 24 heavy (non-hydrogen) atoms. The van der Waals surface area contributed by atoms with Crippen molar-refractivity contribution < 1.29 is 13.6 Å². The Morgan fingerprint density at radius 3 is 2.71 bits per heavy atom. The minimum absolute atomic E-state index is 0.0985. The highest BCUT2D eigenvalue weighted by Crippen LogP contribution is 2.14. The van der Waals surface area contributed by atoms with E-state index in [1.54, 1.807) is 18.2 Å². The van der Waals surface area contributed by atoms with Crippen LogP contribution >= 0.6 is 0 Å². The maximum Gasteiger partial charge on any atom is 0.420 e. The summed E-state index contributed by atoms with van der Waals surface area (Å²) in [5.74, 6) is -1.11. The molecule has 0 aliphatic rings. The van der Waals surface area contributed by atoms with Crippen LogP contribution in [0.3, 0.4) is 0 Å². The molecule has 1 N–H and O–H groups in total. The lowest BCUT2D eigenvalue weighted by Gasteiger charge is -2.06. The van der Waals surface area contributed by atoms with E-state index < -0.39 is 5.76 Å². The first kappa shape index (κ1) is 16.0. The highest BCUT2D eigenvalue weighted by Gasteiger charge is 2.12. The number of aryl methyl sites for hydroxylation is 1. The van der Waals surface area contributed by atoms with E-state index in [-0.39, 0.29) is 18.3 Å². The van der Waals surface area contributed by atoms with Gasteiger partial charge in [0.25, 0.3) is 0 Å². The average molecular weight is 328 g/mol. The maximum absolute atomic E-state index is 12.8. The van der Waals surface area contributed by atoms with E-state index >= 15 is 0 Å². The summed E-state index contributed by atoms with van der Waals surface area (Å²) in [6.45, 7) is 2.22. The van der Waals surface area contributed by atoms with Gasteiger partial charge in [0.2, 0.25) is 5.91 Å². The summed E-state index contributed by atoms with van der Waals surface area (Å²) in [6.07, 6.45) is 0.589. The molecule has 6 heteroatoms. The molecule has 3 aromatic rings. The molecule has 1 aromatic heterocycles. The number of hydrogen-bond donors (Lipinski definition) is 1. The maximum atomic E-state index is 12.8. The van der Waals surface area contributed by atoms with Gasteiger partial charge in [-0.05, 0) is 48.7 Å². The van der Waals surface area contributed by atoms with Crippen molar-refractivity contribution >= 4 is 17.0 Å². The van der Waals surface area contributed by atoms with Gasteiger partial charge in [0, 0.05) is 6.54 Å². The quantitative estimate of drug-likeness (QED) is 0.782. The Morgan fingerprint density at radius 1 is 1.21 bits per heavy atom. The van der Waals surface area contributed by atoms with Crippen molar-refractivity contribution in [1.29, 1.82) is 0 Å². The zero-order chi connectivity index (χ0) is 17.1. The number of fused-ring (bicyclic) bond motifs is 1. The topological polar surface area (TPSA) is 64.2 Å². The Bertz CT molecular complexity index is 926. The molecular weight excluding hydrogens is 311 g/mol. The first-order valence-corrected chi connectivity index (χ1v) is 7.64. The van der Waals surface area contributed by atoms with Crippen LogP contribution in [-0.4, -0.2) is 17.0 Å². The Labute approximate surface area is 137 Å². The third kappa shape index (κ3) is 3.53. The third-order valence-corrected chi connectivity index (χ3v) is 3.77. The van der Waals surface area contributed by atoms with Crippen molar-refractivity contribution in [3.05, 3.63) is 70.0 Å². The minimum Gasteiger partial charge on any atom is -0.408 e. The number of oxazole rings is 1. The number of hydrogen-bond acceptors (Lipinski definition) is 3. The van der Waals surface area contributed by atoms with Crippen molar-refractivity contribution in [3.63, 3.8) is 0 Å². The van der Waals surface area contributed by atoms with Gasteiger partial charge in [-0.1, -0.05) is 18.2 Å². The number of nitrogens with one attached hydrogen (secondary N) is 1. The number of benzene rings is 2. The van der Waals surface area contributed by atoms with E-state index in [0.29, 0.717) is 24.1 Å². The Hall–Kier alpha value is -2.89. The van der Waals surface area contributed by atoms with Crippen LogP contribution < -0.4 is 11.1 Å². The van der Waals surface area contributed by atoms with Crippen LogP contribution in [0.15, 0.2) is 51.7 Å². The number of halogens is 1. The van der Waals surface area contributed by atoms with E-state index in [4.69, 9.17) is 4.42 Å². The molecule has 0 radical (unpaired) electrons. The van der Waals surface area contributed by atoms with Gasteiger partial charge in [-0.3, -0.25) is 9.36 Å². The molecule has 2 aromatic carbocycles. The first-order valence-electron chi connectivity index (χ1n) is 7.64. The lowest BCUT2D eigenvalue weighted by atomic mass is 10.1. The molecule has 0 aliphatic heterocycles. The Morgan fingerprint density at radius 2 is 1.96 bits per heavy atom. The van der Waals surface area contributed by atoms with Crippen LogP contribution in [0, 0.1) is 12.7 Å². The smallest absolute Gasteiger partial charge is 0.408 e. The molecule has 0 unspecified atom stereocenters. The molecular formula is C18H17FN2O3. The fourth-order valence-electron chi connectivity index (χ4n) is 2.52. The molecule has 124 valence electrons. The zero-order valence-electron chi connectivity index (χ0n) is 13.2. The summed E-state index contributed by atoms with van der Waals surface area (Å²) in [5, 5.41) is 2.76. The van der Waals surface area contributed by atoms with Gasteiger partial charge in [-0.2, -0.15) is 0 Å². The second-order valence-corrected chi connectivity index (χ2v) is 5.65. The van der Waals surface area contributed by atoms with Gasteiger partial charge in [-0.15, -0.1) is 0 Å². The average Bonchev–Trinajstić information content (AvgIpc) is 2.85. The normalized spacial score (nSPS) is 10.9. The summed E-state index contributed by atoms with van der Waals surface area (Å²) < 4.78 is 19.3. The summed E-state index contributed by atoms with van der Waals surface area (Å²) >= 11 is 0. The lowest BCUT2D eigenvalue weighted by molar-refractivity contribution is -0.121. The highest BCUT2D eigenvalue weighted by molar-refractivity contribution is 5.79. The van der Waals surface area contributed by atoms with Gasteiger partial charge in [0.15, 0.2) is 5.58 Å². The molecule has 5 nitrogen and oxygen atoms in total. The molecule has 0 aliphatic carbocycles. The molecule has 1 amide bonds. The first-order chi connectivity index (χ1) is 11.5. The molecule has 0 saturated heterocycles. The third-order valence-electron chi connectivity index (χ3n) is 3.77. The van der Waals surface area contributed by atoms with Crippen LogP contribution in [0.2, 0.25) is 0 Å². The molecule has 0 spiro atoms. The van der Waals surface area contributed by atoms with Crippen LogP contribution in [0.5, 0.6) is 0 Å². The zero-order valence-corrected chi connectivity index (χ0v) is 13.2. The van der Waals surface area contributed by atoms with E-state index in [1.165, 1.54) is 16.7 Å². The van der Waals surface area contributed by atoms with Crippen molar-refractivity contribution in [2.45, 2.75) is 19.9 Å². The van der Waals surface area contributed by atoms with Crippen molar-refractivity contribution in [2.24, 2.45) is 0 Å². The Kier molecular flexibility index (Phi) is 4.46. The van der Waals surface area contributed by atoms with E-state index in [1.807, 2.05) is 19.1 Å². The van der Waals surface area contributed by atoms with Crippen LogP contribution in [0.1, 0.15) is 11.1 Å². The fraction of sp³-hybridized carbons (Fsp3) is 0.222. The van der Waals surface area contributed by atoms with Gasteiger partial charge in [0.05, 0.1) is 5.52 Å². The second kappa shape index (κ2) is 6.70. The van der Waals surface area contributed by atoms with E-state index in [9.17, 15) is 14.0 Å². The number of carbonyl (C=O) groups excluding carboxylic acids is 1. The standard InChI is InChI=1S/C18H17FN2O3/c1-12-2-7-16-15(10-12)21(18(23)24-16)11-17(22)20-9-8-13-3-5-14(19)6-4-13/h2-7,10H,8-9,11H2,1H3,(H,20,22). The molecule has 0 atom stereocenters. The number of amides is 1. The van der Waals surface area contributed by atoms with Crippen LogP contribution in [0.4, 0.5) is 4.39 Å². The number of nitrogens with zero attached hydrogens (tertiary/aromatic N) is 1. The lowest BCUT2D eigenvalue weighted by Crippen LogP contribution is -2.32. The van der Waals surface area contributed by atoms with Crippen molar-refractivity contribution in [3.8, 4) is 0 Å². The van der Waals surface area contributed by atoms with Gasteiger partial charge < -0.3 is 9.73 Å². The molecule has 0 bridgehead atoms. The van der Waals surface area contributed by atoms with E-state index in [0.717, 1.165) is 11.1 Å². The van der Waals surface area contributed by atoms with Crippen LogP contribution in [-0.2, 0) is 17.8 Å². The molecule has 3 rings (SSSR count). The minimum atomic E-state index is -0.552. The van der Waals surface area contributed by atoms with E-state index in [2.05, 4.69) is 5.32 Å². The van der Waals surface area contributed by atoms with Gasteiger partial charge in [-0.25, -0.2) is 9.18 Å². The monoisotopic (exact) mass is 328 g/mol. The summed E-state index contributed by atoms with van der Waals surface area (Å²) in [7, 11) is 0. The van der Waals surface area contributed by atoms with Crippen LogP contribution in [0.25, 0.3) is 11.1 Å². The molecule has 0 fully saturated rings. The fourth-order valence-corrected chi connectivity index (χ4v) is 2.52. The SMILES string of the molecule is Cc1ccc2oc(=O)n(CC(=O)NCCc3ccc(F)cc3)c2c1. The van der Waals surface area contributed by atoms with Crippen molar-refractivity contribution in [1.82, 2.24) is 9.88 Å². The second-order valence-electron chi connectivity index (χ2n) is 5.65. The van der Waals surface area contributed by atoms with Gasteiger partial charge in [0.1, 0.15) is 12.4 Å². The van der Waals surface area contributed by atoms with Gasteiger partial charge >= 0.3 is 5.76 Å². The predicted molar refractivity (Wildman–Crippen MR) is 88.3 cm³/mol. The number of carbonyl (C=O) groups is 1. The summed E-state index contributed by atoms with van der Waals surface area (Å²) in [5.41, 5.74) is 2.98. The summed E-state index contributed by atoms with van der Waals surface area (Å²) in [4.78, 5) is 24.0.